The number of methoxy groups -OCH3 is 1. The van der Waals surface area contributed by atoms with Crippen molar-refractivity contribution in [1.29, 1.82) is 0 Å². The topological polar surface area (TPSA) is 84.7 Å². The number of likely N-dealkylation sites (tertiary alicyclic amines) is 1. The molecule has 7 nitrogen and oxygen atoms in total. The zero-order valence-corrected chi connectivity index (χ0v) is 17.6. The summed E-state index contributed by atoms with van der Waals surface area (Å²) in [5.41, 5.74) is 4.51. The molecule has 1 aliphatic rings. The Morgan fingerprint density at radius 3 is 2.62 bits per heavy atom. The Hall–Kier alpha value is -2.67. The average Bonchev–Trinajstić information content (AvgIpc) is 3.16. The predicted molar refractivity (Wildman–Crippen MR) is 110 cm³/mol. The summed E-state index contributed by atoms with van der Waals surface area (Å²) in [5, 5.41) is 6.86. The van der Waals surface area contributed by atoms with Crippen LogP contribution >= 0.6 is 0 Å². The summed E-state index contributed by atoms with van der Waals surface area (Å²) < 4.78 is 10.5. The number of nitrogens with one attached hydrogen (secondary N) is 1. The van der Waals surface area contributed by atoms with Gasteiger partial charge in [0.05, 0.1) is 6.61 Å². The Balaban J connectivity index is 1.80. The minimum atomic E-state index is -0.490. The monoisotopic (exact) mass is 399 g/mol. The lowest BCUT2D eigenvalue weighted by molar-refractivity contribution is -0.126. The predicted octanol–water partition coefficient (Wildman–Crippen LogP) is 3.02. The lowest BCUT2D eigenvalue weighted by atomic mass is 9.97. The molecule has 1 fully saturated rings. The van der Waals surface area contributed by atoms with E-state index in [1.54, 1.807) is 18.1 Å². The number of ether oxygens (including phenoxy) is 1. The van der Waals surface area contributed by atoms with E-state index < -0.39 is 6.04 Å². The number of hydrogen-bond acceptors (Lipinski definition) is 5. The first-order valence-corrected chi connectivity index (χ1v) is 10.0. The van der Waals surface area contributed by atoms with Crippen molar-refractivity contribution in [3.63, 3.8) is 0 Å². The molecule has 1 aromatic heterocycles. The molecule has 156 valence electrons. The van der Waals surface area contributed by atoms with Crippen LogP contribution in [-0.2, 0) is 9.53 Å². The lowest BCUT2D eigenvalue weighted by Gasteiger charge is -2.34. The zero-order chi connectivity index (χ0) is 21.0. The summed E-state index contributed by atoms with van der Waals surface area (Å²) in [6.07, 6.45) is 2.43. The molecule has 0 spiro atoms. The van der Waals surface area contributed by atoms with Gasteiger partial charge in [0.1, 0.15) is 6.04 Å². The third-order valence-electron chi connectivity index (χ3n) is 5.32. The average molecular weight is 399 g/mol. The first kappa shape index (κ1) is 21.0. The molecule has 0 unspecified atom stereocenters. The third kappa shape index (κ3) is 4.67. The Morgan fingerprint density at radius 2 is 1.93 bits per heavy atom. The summed E-state index contributed by atoms with van der Waals surface area (Å²) in [6, 6.07) is 5.35. The maximum atomic E-state index is 13.1. The summed E-state index contributed by atoms with van der Waals surface area (Å²) >= 11 is 0. The minimum absolute atomic E-state index is 0.149. The number of hydrogen-bond donors (Lipinski definition) is 1. The van der Waals surface area contributed by atoms with Crippen molar-refractivity contribution in [2.45, 2.75) is 46.1 Å². The number of benzene rings is 1. The van der Waals surface area contributed by atoms with Gasteiger partial charge in [-0.15, -0.1) is 0 Å². The van der Waals surface area contributed by atoms with Crippen molar-refractivity contribution in [2.24, 2.45) is 0 Å². The molecule has 29 heavy (non-hydrogen) atoms. The number of carbonyl (C=O) groups excluding carboxylic acids is 2. The summed E-state index contributed by atoms with van der Waals surface area (Å²) in [5.74, 6) is 0.152. The quantitative estimate of drug-likeness (QED) is 0.755. The van der Waals surface area contributed by atoms with Gasteiger partial charge in [-0.2, -0.15) is 0 Å². The van der Waals surface area contributed by atoms with Crippen molar-refractivity contribution in [3.05, 3.63) is 40.6 Å². The standard InChI is InChI=1S/C22H29N3O4/c1-14-11-15(2)20(16(3)12-14)19-13-17(24-29-19)22(27)25-9-6-5-7-18(25)21(26)23-8-10-28-4/h11-13,18H,5-10H2,1-4H3,(H,23,26)/t18-/m0/s1. The summed E-state index contributed by atoms with van der Waals surface area (Å²) in [7, 11) is 1.59. The first-order valence-electron chi connectivity index (χ1n) is 10.0. The van der Waals surface area contributed by atoms with Gasteiger partial charge in [-0.25, -0.2) is 0 Å². The Kier molecular flexibility index (Phi) is 6.69. The van der Waals surface area contributed by atoms with Gasteiger partial charge in [0.15, 0.2) is 11.5 Å². The second-order valence-corrected chi connectivity index (χ2v) is 7.64. The first-order chi connectivity index (χ1) is 13.9. The molecule has 0 aliphatic carbocycles. The molecular weight excluding hydrogens is 370 g/mol. The highest BCUT2D eigenvalue weighted by Crippen LogP contribution is 2.30. The van der Waals surface area contributed by atoms with Crippen LogP contribution in [-0.4, -0.2) is 54.7 Å². The van der Waals surface area contributed by atoms with Crippen molar-refractivity contribution < 1.29 is 18.8 Å². The fourth-order valence-corrected chi connectivity index (χ4v) is 4.05. The smallest absolute Gasteiger partial charge is 0.276 e. The largest absolute Gasteiger partial charge is 0.383 e. The van der Waals surface area contributed by atoms with E-state index >= 15 is 0 Å². The van der Waals surface area contributed by atoms with Gasteiger partial charge in [-0.1, -0.05) is 22.9 Å². The number of aryl methyl sites for hydroxylation is 3. The summed E-state index contributed by atoms with van der Waals surface area (Å²) in [6.45, 7) is 7.48. The molecule has 2 aromatic rings. The van der Waals surface area contributed by atoms with Gasteiger partial charge < -0.3 is 19.5 Å². The van der Waals surface area contributed by atoms with Gasteiger partial charge in [0.25, 0.3) is 5.91 Å². The van der Waals surface area contributed by atoms with Gasteiger partial charge in [-0.05, 0) is 51.2 Å². The van der Waals surface area contributed by atoms with Gasteiger partial charge in [0.2, 0.25) is 5.91 Å². The van der Waals surface area contributed by atoms with Crippen LogP contribution in [0.2, 0.25) is 0 Å². The van der Waals surface area contributed by atoms with Crippen molar-refractivity contribution in [1.82, 2.24) is 15.4 Å². The van der Waals surface area contributed by atoms with Crippen LogP contribution in [0.3, 0.4) is 0 Å². The second-order valence-electron chi connectivity index (χ2n) is 7.64. The van der Waals surface area contributed by atoms with Gasteiger partial charge >= 0.3 is 0 Å². The van der Waals surface area contributed by atoms with Crippen molar-refractivity contribution in [3.8, 4) is 11.3 Å². The zero-order valence-electron chi connectivity index (χ0n) is 17.6. The molecule has 1 aliphatic heterocycles. The SMILES string of the molecule is COCCNC(=O)[C@@H]1CCCCN1C(=O)c1cc(-c2c(C)cc(C)cc2C)on1. The Labute approximate surface area is 171 Å². The van der Waals surface area contributed by atoms with Crippen LogP contribution in [0.25, 0.3) is 11.3 Å². The van der Waals surface area contributed by atoms with Crippen LogP contribution in [0.15, 0.2) is 22.7 Å². The van der Waals surface area contributed by atoms with E-state index in [4.69, 9.17) is 9.26 Å². The maximum Gasteiger partial charge on any atom is 0.276 e. The van der Waals surface area contributed by atoms with E-state index in [0.29, 0.717) is 31.9 Å². The molecule has 2 amide bonds. The van der Waals surface area contributed by atoms with Crippen LogP contribution < -0.4 is 5.32 Å². The molecule has 3 rings (SSSR count). The number of amides is 2. The molecule has 0 radical (unpaired) electrons. The van der Waals surface area contributed by atoms with E-state index in [9.17, 15) is 9.59 Å². The molecule has 1 atom stereocenters. The van der Waals surface area contributed by atoms with Crippen LogP contribution in [0.1, 0.15) is 46.4 Å². The molecule has 2 heterocycles. The normalized spacial score (nSPS) is 16.7. The Bertz CT molecular complexity index is 867. The number of aromatic nitrogens is 1. The molecule has 7 heteroatoms. The van der Waals surface area contributed by atoms with Gasteiger partial charge in [-0.3, -0.25) is 9.59 Å². The van der Waals surface area contributed by atoms with E-state index in [1.165, 1.54) is 5.56 Å². The fraction of sp³-hybridized carbons (Fsp3) is 0.500. The van der Waals surface area contributed by atoms with E-state index in [2.05, 4.69) is 22.6 Å². The number of rotatable bonds is 6. The molecule has 0 saturated carbocycles. The minimum Gasteiger partial charge on any atom is -0.383 e. The van der Waals surface area contributed by atoms with Gasteiger partial charge in [0, 0.05) is 31.8 Å². The highest BCUT2D eigenvalue weighted by Gasteiger charge is 2.34. The van der Waals surface area contributed by atoms with Crippen molar-refractivity contribution in [2.75, 3.05) is 26.8 Å². The van der Waals surface area contributed by atoms with Crippen LogP contribution in [0.4, 0.5) is 0 Å². The van der Waals surface area contributed by atoms with Crippen LogP contribution in [0.5, 0.6) is 0 Å². The fourth-order valence-electron chi connectivity index (χ4n) is 4.05. The highest BCUT2D eigenvalue weighted by atomic mass is 16.5. The Morgan fingerprint density at radius 1 is 1.21 bits per heavy atom. The summed E-state index contributed by atoms with van der Waals surface area (Å²) in [4.78, 5) is 27.3. The number of carbonyl (C=O) groups is 2. The number of piperidine rings is 1. The molecule has 1 saturated heterocycles. The number of nitrogens with zero attached hydrogens (tertiary/aromatic N) is 2. The van der Waals surface area contributed by atoms with E-state index in [1.807, 2.05) is 20.8 Å². The molecular formula is C22H29N3O4. The van der Waals surface area contributed by atoms with Crippen LogP contribution in [0, 0.1) is 20.8 Å². The molecule has 1 N–H and O–H groups in total. The lowest BCUT2D eigenvalue weighted by Crippen LogP contribution is -2.52. The highest BCUT2D eigenvalue weighted by molar-refractivity contribution is 5.97. The molecule has 1 aromatic carbocycles. The van der Waals surface area contributed by atoms with E-state index in [0.717, 1.165) is 29.5 Å². The third-order valence-corrected chi connectivity index (χ3v) is 5.32. The molecule has 0 bridgehead atoms. The maximum absolute atomic E-state index is 13.1. The van der Waals surface area contributed by atoms with Crippen molar-refractivity contribution >= 4 is 11.8 Å². The second kappa shape index (κ2) is 9.22. The van der Waals surface area contributed by atoms with E-state index in [-0.39, 0.29) is 17.5 Å².